The molecular weight excluding hydrogens is 377 g/mol. The van der Waals surface area contributed by atoms with Gasteiger partial charge in [-0.3, -0.25) is 4.79 Å². The van der Waals surface area contributed by atoms with Crippen LogP contribution in [0, 0.1) is 11.7 Å². The molecule has 3 atom stereocenters. The number of carbonyl (C=O) groups is 1. The van der Waals surface area contributed by atoms with Crippen molar-refractivity contribution < 1.29 is 13.9 Å². The van der Waals surface area contributed by atoms with Gasteiger partial charge in [-0.2, -0.15) is 0 Å². The van der Waals surface area contributed by atoms with Crippen molar-refractivity contribution in [3.05, 3.63) is 29.1 Å². The fraction of sp³-hybridized carbons (Fsp3) is 0.731. The van der Waals surface area contributed by atoms with E-state index in [-0.39, 0.29) is 23.2 Å². The topological polar surface area (TPSA) is 52.3 Å². The quantitative estimate of drug-likeness (QED) is 0.280. The molecule has 0 aliphatic heterocycles. The van der Waals surface area contributed by atoms with Gasteiger partial charge in [-0.25, -0.2) is 4.39 Å². The van der Waals surface area contributed by atoms with Gasteiger partial charge >= 0.3 is 5.97 Å². The molecule has 0 heterocycles. The van der Waals surface area contributed by atoms with Crippen molar-refractivity contribution in [3.8, 4) is 5.75 Å². The number of esters is 1. The van der Waals surface area contributed by atoms with Crippen LogP contribution in [0.4, 0.5) is 4.39 Å². The van der Waals surface area contributed by atoms with Crippen LogP contribution >= 0.6 is 0 Å². The molecule has 0 amide bonds. The van der Waals surface area contributed by atoms with E-state index in [1.165, 1.54) is 44.6 Å². The van der Waals surface area contributed by atoms with Gasteiger partial charge in [-0.15, -0.1) is 0 Å². The molecule has 1 saturated carbocycles. The minimum atomic E-state index is -0.260. The zero-order chi connectivity index (χ0) is 21.6. The van der Waals surface area contributed by atoms with Crippen molar-refractivity contribution in [1.29, 1.82) is 0 Å². The Hall–Kier alpha value is -1.42. The number of carbonyl (C=O) groups excluding carboxylic acids is 1. The lowest BCUT2D eigenvalue weighted by molar-refractivity contribution is -0.134. The monoisotopic (exact) mass is 417 g/mol. The molecule has 0 saturated heterocycles. The van der Waals surface area contributed by atoms with Gasteiger partial charge in [0, 0.05) is 23.9 Å². The smallest absolute Gasteiger partial charge is 0.311 e. The second kappa shape index (κ2) is 10.7. The number of rotatable bonds is 9. The van der Waals surface area contributed by atoms with Crippen LogP contribution in [-0.4, -0.2) is 12.0 Å². The SMILES string of the molecule is CCCCCCCCCC(=O)Oc1cc(F)c2c(c1)[C@@]1(C)CCCCC[C@@H](C2)[C@@H]1N. The highest BCUT2D eigenvalue weighted by atomic mass is 19.1. The molecule has 2 bridgehead atoms. The summed E-state index contributed by atoms with van der Waals surface area (Å²) < 4.78 is 20.6. The summed E-state index contributed by atoms with van der Waals surface area (Å²) in [4.78, 5) is 12.3. The summed E-state index contributed by atoms with van der Waals surface area (Å²) in [6, 6.07) is 3.34. The minimum Gasteiger partial charge on any atom is -0.426 e. The zero-order valence-corrected chi connectivity index (χ0v) is 19.0. The number of hydrogen-bond acceptors (Lipinski definition) is 3. The van der Waals surface area contributed by atoms with Crippen molar-refractivity contribution in [2.45, 2.75) is 115 Å². The summed E-state index contributed by atoms with van der Waals surface area (Å²) in [5.74, 6) is 0.176. The number of ether oxygens (including phenoxy) is 1. The lowest BCUT2D eigenvalue weighted by Crippen LogP contribution is -2.53. The predicted octanol–water partition coefficient (Wildman–Crippen LogP) is 6.59. The zero-order valence-electron chi connectivity index (χ0n) is 19.0. The second-order valence-electron chi connectivity index (χ2n) is 9.78. The van der Waals surface area contributed by atoms with Crippen molar-refractivity contribution in [2.75, 3.05) is 0 Å². The average Bonchev–Trinajstić information content (AvgIpc) is 2.71. The number of halogens is 1. The molecule has 0 unspecified atom stereocenters. The average molecular weight is 418 g/mol. The van der Waals surface area contributed by atoms with Crippen LogP contribution in [0.1, 0.15) is 108 Å². The Balaban J connectivity index is 1.64. The Labute approximate surface area is 181 Å². The van der Waals surface area contributed by atoms with E-state index < -0.39 is 0 Å². The highest BCUT2D eigenvalue weighted by Crippen LogP contribution is 2.47. The van der Waals surface area contributed by atoms with E-state index in [4.69, 9.17) is 10.5 Å². The molecule has 168 valence electrons. The molecular formula is C26H40FNO2. The molecule has 0 radical (unpaired) electrons. The van der Waals surface area contributed by atoms with E-state index in [0.29, 0.717) is 24.5 Å². The molecule has 3 nitrogen and oxygen atoms in total. The molecule has 0 spiro atoms. The van der Waals surface area contributed by atoms with Gasteiger partial charge in [0.25, 0.3) is 0 Å². The van der Waals surface area contributed by atoms with Gasteiger partial charge in [0.2, 0.25) is 0 Å². The van der Waals surface area contributed by atoms with Gasteiger partial charge < -0.3 is 10.5 Å². The Morgan fingerprint density at radius 3 is 2.63 bits per heavy atom. The fourth-order valence-corrected chi connectivity index (χ4v) is 5.54. The van der Waals surface area contributed by atoms with Crippen molar-refractivity contribution in [1.82, 2.24) is 0 Å². The summed E-state index contributed by atoms with van der Waals surface area (Å²) in [6.45, 7) is 4.39. The Bertz CT molecular complexity index is 719. The lowest BCUT2D eigenvalue weighted by Gasteiger charge is -2.47. The van der Waals surface area contributed by atoms with Gasteiger partial charge in [0.05, 0.1) is 0 Å². The molecule has 1 fully saturated rings. The first kappa shape index (κ1) is 23.2. The van der Waals surface area contributed by atoms with Crippen LogP contribution in [0.2, 0.25) is 0 Å². The van der Waals surface area contributed by atoms with Gasteiger partial charge in [0.15, 0.2) is 0 Å². The molecule has 4 heteroatoms. The highest BCUT2D eigenvalue weighted by Gasteiger charge is 2.45. The number of hydrogen-bond donors (Lipinski definition) is 1. The predicted molar refractivity (Wildman–Crippen MR) is 120 cm³/mol. The van der Waals surface area contributed by atoms with Gasteiger partial charge in [0.1, 0.15) is 11.6 Å². The molecule has 2 aliphatic carbocycles. The van der Waals surface area contributed by atoms with E-state index in [1.807, 2.05) is 6.07 Å². The number of nitrogens with two attached hydrogens (primary N) is 1. The molecule has 30 heavy (non-hydrogen) atoms. The van der Waals surface area contributed by atoms with E-state index in [0.717, 1.165) is 49.7 Å². The Kier molecular flexibility index (Phi) is 8.33. The van der Waals surface area contributed by atoms with Crippen LogP contribution in [0.25, 0.3) is 0 Å². The van der Waals surface area contributed by atoms with Crippen LogP contribution in [-0.2, 0) is 16.6 Å². The molecule has 0 aromatic heterocycles. The van der Waals surface area contributed by atoms with Crippen molar-refractivity contribution in [3.63, 3.8) is 0 Å². The summed E-state index contributed by atoms with van der Waals surface area (Å²) in [6.07, 6.45) is 14.7. The standard InChI is InChI=1S/C26H40FNO2/c1-3-4-5-6-7-8-11-14-24(29)30-20-17-22-21(23(27)18-20)16-19-13-10-9-12-15-26(22,2)25(19)28/h17-19,25H,3-16,28H2,1-2H3/t19-,25-,26+/m0/s1. The lowest BCUT2D eigenvalue weighted by atomic mass is 9.60. The van der Waals surface area contributed by atoms with E-state index in [2.05, 4.69) is 13.8 Å². The first-order chi connectivity index (χ1) is 14.5. The summed E-state index contributed by atoms with van der Waals surface area (Å²) in [5.41, 5.74) is 8.20. The van der Waals surface area contributed by atoms with Gasteiger partial charge in [-0.05, 0) is 48.8 Å². The first-order valence-electron chi connectivity index (χ1n) is 12.2. The molecule has 3 rings (SSSR count). The van der Waals surface area contributed by atoms with Crippen LogP contribution < -0.4 is 10.5 Å². The number of benzene rings is 1. The third-order valence-corrected chi connectivity index (χ3v) is 7.48. The second-order valence-corrected chi connectivity index (χ2v) is 9.78. The van der Waals surface area contributed by atoms with Crippen molar-refractivity contribution >= 4 is 5.97 Å². The van der Waals surface area contributed by atoms with Crippen molar-refractivity contribution in [2.24, 2.45) is 11.7 Å². The Morgan fingerprint density at radius 2 is 1.87 bits per heavy atom. The maximum Gasteiger partial charge on any atom is 0.311 e. The number of unbranched alkanes of at least 4 members (excludes halogenated alkanes) is 6. The third kappa shape index (κ3) is 5.43. The van der Waals surface area contributed by atoms with Crippen LogP contribution in [0.15, 0.2) is 12.1 Å². The van der Waals surface area contributed by atoms with E-state index in [9.17, 15) is 4.79 Å². The minimum absolute atomic E-state index is 0.0309. The van der Waals surface area contributed by atoms with E-state index in [1.54, 1.807) is 0 Å². The maximum atomic E-state index is 15.0. The molecule has 1 aromatic carbocycles. The highest BCUT2D eigenvalue weighted by molar-refractivity contribution is 5.72. The first-order valence-corrected chi connectivity index (χ1v) is 12.2. The molecule has 1 aromatic rings. The summed E-state index contributed by atoms with van der Waals surface area (Å²) in [7, 11) is 0. The summed E-state index contributed by atoms with van der Waals surface area (Å²) in [5, 5.41) is 0. The Morgan fingerprint density at radius 1 is 1.13 bits per heavy atom. The van der Waals surface area contributed by atoms with Gasteiger partial charge in [-0.1, -0.05) is 71.6 Å². The molecule has 2 aliphatic rings. The van der Waals surface area contributed by atoms with Crippen LogP contribution in [0.5, 0.6) is 5.75 Å². The normalized spacial score (nSPS) is 25.9. The fourth-order valence-electron chi connectivity index (χ4n) is 5.54. The number of fused-ring (bicyclic) bond motifs is 4. The molecule has 2 N–H and O–H groups in total. The largest absolute Gasteiger partial charge is 0.426 e. The third-order valence-electron chi connectivity index (χ3n) is 7.48. The van der Waals surface area contributed by atoms with Crippen LogP contribution in [0.3, 0.4) is 0 Å². The summed E-state index contributed by atoms with van der Waals surface area (Å²) >= 11 is 0. The van der Waals surface area contributed by atoms with E-state index >= 15 is 4.39 Å². The maximum absolute atomic E-state index is 15.0.